The van der Waals surface area contributed by atoms with E-state index < -0.39 is 5.97 Å². The predicted molar refractivity (Wildman–Crippen MR) is 132 cm³/mol. The molecule has 180 valence electrons. The molecule has 1 amide bonds. The minimum absolute atomic E-state index is 0.149. The largest absolute Gasteiger partial charge is 0.485 e. The first-order valence-electron chi connectivity index (χ1n) is 11.1. The molecule has 0 saturated carbocycles. The number of carbonyl (C=O) groups is 2. The van der Waals surface area contributed by atoms with E-state index in [1.807, 2.05) is 43.5 Å². The van der Waals surface area contributed by atoms with Crippen LogP contribution < -0.4 is 10.1 Å². The van der Waals surface area contributed by atoms with Gasteiger partial charge in [0.25, 0.3) is 0 Å². The lowest BCUT2D eigenvalue weighted by Gasteiger charge is -2.11. The fourth-order valence-corrected chi connectivity index (χ4v) is 4.01. The van der Waals surface area contributed by atoms with Gasteiger partial charge in [-0.15, -0.1) is 10.2 Å². The van der Waals surface area contributed by atoms with E-state index in [-0.39, 0.29) is 24.4 Å². The quantitative estimate of drug-likeness (QED) is 0.328. The molecule has 1 aromatic heterocycles. The van der Waals surface area contributed by atoms with Gasteiger partial charge in [0, 0.05) is 12.2 Å². The number of amides is 1. The average molecular weight is 483 g/mol. The number of hydrogen-bond donors (Lipinski definition) is 1. The van der Waals surface area contributed by atoms with E-state index in [1.54, 1.807) is 38.1 Å². The molecule has 9 heteroatoms. The molecule has 0 saturated heterocycles. The van der Waals surface area contributed by atoms with Gasteiger partial charge in [0.05, 0.1) is 17.4 Å². The van der Waals surface area contributed by atoms with Crippen molar-refractivity contribution in [3.63, 3.8) is 0 Å². The van der Waals surface area contributed by atoms with E-state index in [1.165, 1.54) is 11.8 Å². The van der Waals surface area contributed by atoms with Gasteiger partial charge in [0.15, 0.2) is 11.0 Å². The van der Waals surface area contributed by atoms with Crippen LogP contribution in [0.25, 0.3) is 0 Å². The van der Waals surface area contributed by atoms with Crippen molar-refractivity contribution in [1.82, 2.24) is 14.8 Å². The molecule has 0 bridgehead atoms. The molecule has 8 nitrogen and oxygen atoms in total. The molecule has 0 aliphatic rings. The molecular formula is C25H30N4O4S. The number of aryl methyl sites for hydroxylation is 2. The highest BCUT2D eigenvalue weighted by atomic mass is 32.2. The Kier molecular flexibility index (Phi) is 8.70. The number of esters is 1. The smallest absolute Gasteiger partial charge is 0.338 e. The zero-order valence-corrected chi connectivity index (χ0v) is 20.9. The summed E-state index contributed by atoms with van der Waals surface area (Å²) >= 11 is 1.30. The Morgan fingerprint density at radius 2 is 1.91 bits per heavy atom. The monoisotopic (exact) mass is 482 g/mol. The van der Waals surface area contributed by atoms with Gasteiger partial charge in [0.2, 0.25) is 5.91 Å². The second-order valence-corrected chi connectivity index (χ2v) is 9.01. The Morgan fingerprint density at radius 1 is 1.12 bits per heavy atom. The maximum atomic E-state index is 12.5. The molecule has 3 aromatic rings. The predicted octanol–water partition coefficient (Wildman–Crippen LogP) is 4.79. The van der Waals surface area contributed by atoms with Crippen molar-refractivity contribution in [2.75, 3.05) is 11.1 Å². The minimum Gasteiger partial charge on any atom is -0.485 e. The molecule has 0 fully saturated rings. The first-order valence-corrected chi connectivity index (χ1v) is 12.1. The van der Waals surface area contributed by atoms with E-state index in [0.717, 1.165) is 16.9 Å². The van der Waals surface area contributed by atoms with Crippen molar-refractivity contribution >= 4 is 29.3 Å². The van der Waals surface area contributed by atoms with E-state index in [4.69, 9.17) is 9.47 Å². The van der Waals surface area contributed by atoms with Crippen LogP contribution in [0.15, 0.2) is 47.6 Å². The number of ether oxygens (including phenoxy) is 2. The number of carbonyl (C=O) groups excluding carboxylic acids is 2. The Morgan fingerprint density at radius 3 is 2.65 bits per heavy atom. The molecule has 1 N–H and O–H groups in total. The summed E-state index contributed by atoms with van der Waals surface area (Å²) < 4.78 is 13.1. The van der Waals surface area contributed by atoms with Crippen LogP contribution in [0.5, 0.6) is 5.75 Å². The number of nitrogens with one attached hydrogen (secondary N) is 1. The van der Waals surface area contributed by atoms with Gasteiger partial charge < -0.3 is 19.4 Å². The summed E-state index contributed by atoms with van der Waals surface area (Å²) in [4.78, 5) is 24.6. The summed E-state index contributed by atoms with van der Waals surface area (Å²) in [7, 11) is 0. The topological polar surface area (TPSA) is 95.3 Å². The molecular weight excluding hydrogens is 452 g/mol. The minimum atomic E-state index is -0.424. The van der Waals surface area contributed by atoms with E-state index in [9.17, 15) is 9.59 Å². The standard InChI is InChI=1S/C25H30N4O4S/c1-6-29-22(14-32-21-12-17(4)10-11-18(21)5)27-28-25(29)34-15-23(30)26-20-9-7-8-19(13-20)24(31)33-16(2)3/h7-13,16H,6,14-15H2,1-5H3,(H,26,30). The van der Waals surface area contributed by atoms with Gasteiger partial charge in [0.1, 0.15) is 12.4 Å². The molecule has 0 atom stereocenters. The van der Waals surface area contributed by atoms with Crippen LogP contribution in [0.2, 0.25) is 0 Å². The molecule has 34 heavy (non-hydrogen) atoms. The van der Waals surface area contributed by atoms with Crippen LogP contribution in [0.1, 0.15) is 48.1 Å². The zero-order valence-electron chi connectivity index (χ0n) is 20.1. The number of nitrogens with zero attached hydrogens (tertiary/aromatic N) is 3. The summed E-state index contributed by atoms with van der Waals surface area (Å²) in [5.74, 6) is 1.03. The molecule has 1 heterocycles. The summed E-state index contributed by atoms with van der Waals surface area (Å²) in [6.45, 7) is 10.5. The van der Waals surface area contributed by atoms with Gasteiger partial charge in [-0.3, -0.25) is 4.79 Å². The maximum Gasteiger partial charge on any atom is 0.338 e. The van der Waals surface area contributed by atoms with Crippen LogP contribution in [0, 0.1) is 13.8 Å². The van der Waals surface area contributed by atoms with Gasteiger partial charge >= 0.3 is 5.97 Å². The zero-order chi connectivity index (χ0) is 24.7. The number of rotatable bonds is 10. The number of hydrogen-bond acceptors (Lipinski definition) is 7. The molecule has 0 radical (unpaired) electrons. The van der Waals surface area contributed by atoms with Crippen molar-refractivity contribution in [3.05, 3.63) is 65.0 Å². The third-order valence-corrected chi connectivity index (χ3v) is 5.83. The highest BCUT2D eigenvalue weighted by Crippen LogP contribution is 2.22. The Labute approximate surface area is 204 Å². The summed E-state index contributed by atoms with van der Waals surface area (Å²) in [5.41, 5.74) is 3.10. The first kappa shape index (κ1) is 25.3. The average Bonchev–Trinajstić information content (AvgIpc) is 3.19. The SMILES string of the molecule is CCn1c(COc2cc(C)ccc2C)nnc1SCC(=O)Nc1cccc(C(=O)OC(C)C)c1. The lowest BCUT2D eigenvalue weighted by atomic mass is 10.1. The van der Waals surface area contributed by atoms with Crippen molar-refractivity contribution in [2.45, 2.75) is 59.0 Å². The van der Waals surface area contributed by atoms with E-state index >= 15 is 0 Å². The van der Waals surface area contributed by atoms with Gasteiger partial charge in [-0.05, 0) is 70.0 Å². The fourth-order valence-electron chi connectivity index (χ4n) is 3.19. The van der Waals surface area contributed by atoms with Crippen molar-refractivity contribution in [2.24, 2.45) is 0 Å². The highest BCUT2D eigenvalue weighted by Gasteiger charge is 2.15. The summed E-state index contributed by atoms with van der Waals surface area (Å²) in [6.07, 6.45) is -0.214. The lowest BCUT2D eigenvalue weighted by Crippen LogP contribution is -2.16. The molecule has 0 aliphatic heterocycles. The summed E-state index contributed by atoms with van der Waals surface area (Å²) in [6, 6.07) is 12.8. The van der Waals surface area contributed by atoms with Crippen LogP contribution in [-0.2, 0) is 22.7 Å². The number of aromatic nitrogens is 3. The number of anilines is 1. The first-order chi connectivity index (χ1) is 16.3. The number of thioether (sulfide) groups is 1. The van der Waals surface area contributed by atoms with Crippen molar-refractivity contribution < 1.29 is 19.1 Å². The van der Waals surface area contributed by atoms with Gasteiger partial charge in [-0.25, -0.2) is 4.79 Å². The fraction of sp³-hybridized carbons (Fsp3) is 0.360. The Bertz CT molecular complexity index is 1160. The third-order valence-electron chi connectivity index (χ3n) is 4.87. The Balaban J connectivity index is 1.58. The molecule has 0 aliphatic carbocycles. The van der Waals surface area contributed by atoms with E-state index in [2.05, 4.69) is 15.5 Å². The van der Waals surface area contributed by atoms with Crippen LogP contribution in [0.4, 0.5) is 5.69 Å². The van der Waals surface area contributed by atoms with Crippen molar-refractivity contribution in [1.29, 1.82) is 0 Å². The van der Waals surface area contributed by atoms with Crippen LogP contribution in [-0.4, -0.2) is 38.5 Å². The molecule has 0 unspecified atom stereocenters. The second kappa shape index (κ2) is 11.7. The van der Waals surface area contributed by atoms with Crippen LogP contribution in [0.3, 0.4) is 0 Å². The summed E-state index contributed by atoms with van der Waals surface area (Å²) in [5, 5.41) is 12.0. The number of benzene rings is 2. The third kappa shape index (κ3) is 6.84. The molecule has 0 spiro atoms. The second-order valence-electron chi connectivity index (χ2n) is 8.07. The molecule has 2 aromatic carbocycles. The van der Waals surface area contributed by atoms with E-state index in [0.29, 0.717) is 28.8 Å². The lowest BCUT2D eigenvalue weighted by molar-refractivity contribution is -0.113. The normalized spacial score (nSPS) is 10.9. The van der Waals surface area contributed by atoms with Gasteiger partial charge in [-0.1, -0.05) is 30.0 Å². The maximum absolute atomic E-state index is 12.5. The Hall–Kier alpha value is -3.33. The van der Waals surface area contributed by atoms with Crippen molar-refractivity contribution in [3.8, 4) is 5.75 Å². The highest BCUT2D eigenvalue weighted by molar-refractivity contribution is 7.99. The van der Waals surface area contributed by atoms with Crippen LogP contribution >= 0.6 is 11.8 Å². The van der Waals surface area contributed by atoms with Gasteiger partial charge in [-0.2, -0.15) is 0 Å². The molecule has 3 rings (SSSR count).